The summed E-state index contributed by atoms with van der Waals surface area (Å²) in [4.78, 5) is 24.7. The Morgan fingerprint density at radius 3 is 2.42 bits per heavy atom. The highest BCUT2D eigenvalue weighted by atomic mass is 16.5. The summed E-state index contributed by atoms with van der Waals surface area (Å²) in [7, 11) is 0. The fraction of sp³-hybridized carbons (Fsp3) is 0.286. The van der Waals surface area contributed by atoms with Crippen LogP contribution in [0.15, 0.2) is 54.6 Å². The average molecular weight is 350 g/mol. The third kappa shape index (κ3) is 4.93. The SMILES string of the molecule is CC[C@H](C)[C@H](C(=O)OCC(=O)Nc1ccccc1C#N)c1ccccc1. The lowest BCUT2D eigenvalue weighted by Gasteiger charge is -2.21. The van der Waals surface area contributed by atoms with E-state index in [0.717, 1.165) is 12.0 Å². The molecule has 134 valence electrons. The average Bonchev–Trinajstić information content (AvgIpc) is 2.67. The zero-order valence-corrected chi connectivity index (χ0v) is 14.9. The van der Waals surface area contributed by atoms with Gasteiger partial charge in [0.2, 0.25) is 0 Å². The molecule has 0 aromatic heterocycles. The van der Waals surface area contributed by atoms with Crippen molar-refractivity contribution in [1.29, 1.82) is 5.26 Å². The Kier molecular flexibility index (Phi) is 6.92. The smallest absolute Gasteiger partial charge is 0.314 e. The van der Waals surface area contributed by atoms with Gasteiger partial charge in [0, 0.05) is 0 Å². The molecule has 0 bridgehead atoms. The van der Waals surface area contributed by atoms with Gasteiger partial charge in [0.15, 0.2) is 6.61 Å². The van der Waals surface area contributed by atoms with Crippen molar-refractivity contribution in [2.45, 2.75) is 26.2 Å². The number of carbonyl (C=O) groups excluding carboxylic acids is 2. The Morgan fingerprint density at radius 1 is 1.12 bits per heavy atom. The van der Waals surface area contributed by atoms with Crippen LogP contribution in [0.2, 0.25) is 0 Å². The van der Waals surface area contributed by atoms with E-state index in [1.54, 1.807) is 24.3 Å². The molecule has 5 heteroatoms. The van der Waals surface area contributed by atoms with E-state index in [-0.39, 0.29) is 5.92 Å². The molecule has 2 rings (SSSR count). The fourth-order valence-corrected chi connectivity index (χ4v) is 2.70. The van der Waals surface area contributed by atoms with Crippen LogP contribution in [0.25, 0.3) is 0 Å². The van der Waals surface area contributed by atoms with Crippen LogP contribution in [0.5, 0.6) is 0 Å². The van der Waals surface area contributed by atoms with Crippen LogP contribution in [-0.4, -0.2) is 18.5 Å². The van der Waals surface area contributed by atoms with Crippen LogP contribution in [0.4, 0.5) is 5.69 Å². The second kappa shape index (κ2) is 9.38. The molecule has 0 aliphatic heterocycles. The Labute approximate surface area is 153 Å². The molecule has 0 unspecified atom stereocenters. The van der Waals surface area contributed by atoms with E-state index in [0.29, 0.717) is 11.3 Å². The third-order valence-electron chi connectivity index (χ3n) is 4.29. The second-order valence-electron chi connectivity index (χ2n) is 6.09. The van der Waals surface area contributed by atoms with Gasteiger partial charge in [-0.15, -0.1) is 0 Å². The Hall–Kier alpha value is -3.13. The summed E-state index contributed by atoms with van der Waals surface area (Å²) in [6.07, 6.45) is 0.816. The molecule has 5 nitrogen and oxygen atoms in total. The van der Waals surface area contributed by atoms with Crippen molar-refractivity contribution in [2.75, 3.05) is 11.9 Å². The first-order valence-corrected chi connectivity index (χ1v) is 8.57. The molecule has 0 fully saturated rings. The second-order valence-corrected chi connectivity index (χ2v) is 6.09. The highest BCUT2D eigenvalue weighted by molar-refractivity contribution is 5.94. The van der Waals surface area contributed by atoms with Crippen LogP contribution in [0, 0.1) is 17.2 Å². The minimum Gasteiger partial charge on any atom is -0.455 e. The molecule has 0 saturated carbocycles. The number of hydrogen-bond donors (Lipinski definition) is 1. The molecule has 2 aromatic carbocycles. The van der Waals surface area contributed by atoms with Gasteiger partial charge >= 0.3 is 5.97 Å². The lowest BCUT2D eigenvalue weighted by molar-refractivity contribution is -0.150. The Balaban J connectivity index is 2.01. The number of ether oxygens (including phenoxy) is 1. The maximum absolute atomic E-state index is 12.6. The monoisotopic (exact) mass is 350 g/mol. The largest absolute Gasteiger partial charge is 0.455 e. The van der Waals surface area contributed by atoms with Gasteiger partial charge in [0.05, 0.1) is 17.2 Å². The van der Waals surface area contributed by atoms with Crippen LogP contribution in [0.1, 0.15) is 37.3 Å². The first kappa shape index (κ1) is 19.2. The Morgan fingerprint density at radius 2 is 1.77 bits per heavy atom. The van der Waals surface area contributed by atoms with E-state index in [4.69, 9.17) is 10.00 Å². The minimum absolute atomic E-state index is 0.0901. The van der Waals surface area contributed by atoms with Gasteiger partial charge in [-0.1, -0.05) is 62.7 Å². The van der Waals surface area contributed by atoms with Crippen molar-refractivity contribution in [3.05, 3.63) is 65.7 Å². The molecule has 0 aliphatic carbocycles. The first-order chi connectivity index (χ1) is 12.6. The number of anilines is 1. The van der Waals surface area contributed by atoms with Crippen LogP contribution >= 0.6 is 0 Å². The molecule has 2 atom stereocenters. The zero-order chi connectivity index (χ0) is 18.9. The molecular formula is C21H22N2O3. The molecule has 0 spiro atoms. The van der Waals surface area contributed by atoms with Crippen molar-refractivity contribution in [3.63, 3.8) is 0 Å². The van der Waals surface area contributed by atoms with Gasteiger partial charge < -0.3 is 10.1 Å². The number of nitrogens with one attached hydrogen (secondary N) is 1. The van der Waals surface area contributed by atoms with Crippen LogP contribution < -0.4 is 5.32 Å². The highest BCUT2D eigenvalue weighted by Gasteiger charge is 2.27. The van der Waals surface area contributed by atoms with Gasteiger partial charge in [0.25, 0.3) is 5.91 Å². The van der Waals surface area contributed by atoms with Gasteiger partial charge in [-0.25, -0.2) is 0 Å². The predicted octanol–water partition coefficient (Wildman–Crippen LogP) is 3.87. The number of carbonyl (C=O) groups is 2. The Bertz CT molecular complexity index is 796. The van der Waals surface area contributed by atoms with E-state index in [1.165, 1.54) is 0 Å². The topological polar surface area (TPSA) is 79.2 Å². The number of benzene rings is 2. The maximum atomic E-state index is 12.6. The maximum Gasteiger partial charge on any atom is 0.314 e. The molecule has 0 radical (unpaired) electrons. The van der Waals surface area contributed by atoms with Crippen molar-refractivity contribution in [2.24, 2.45) is 5.92 Å². The van der Waals surface area contributed by atoms with E-state index >= 15 is 0 Å². The quantitative estimate of drug-likeness (QED) is 0.769. The van der Waals surface area contributed by atoms with Gasteiger partial charge in [0.1, 0.15) is 6.07 Å². The summed E-state index contributed by atoms with van der Waals surface area (Å²) in [6.45, 7) is 3.61. The van der Waals surface area contributed by atoms with Crippen molar-refractivity contribution < 1.29 is 14.3 Å². The number of amides is 1. The minimum atomic E-state index is -0.475. The van der Waals surface area contributed by atoms with E-state index in [2.05, 4.69) is 5.32 Å². The third-order valence-corrected chi connectivity index (χ3v) is 4.29. The highest BCUT2D eigenvalue weighted by Crippen LogP contribution is 2.28. The van der Waals surface area contributed by atoms with Crippen LogP contribution in [-0.2, 0) is 14.3 Å². The molecule has 2 aromatic rings. The zero-order valence-electron chi connectivity index (χ0n) is 14.9. The first-order valence-electron chi connectivity index (χ1n) is 8.57. The number of esters is 1. The number of para-hydroxylation sites is 1. The standard InChI is InChI=1S/C21H22N2O3/c1-3-15(2)20(16-9-5-4-6-10-16)21(25)26-14-19(24)23-18-12-8-7-11-17(18)13-22/h4-12,15,20H,3,14H2,1-2H3,(H,23,24)/t15-,20-/m0/s1. The summed E-state index contributed by atoms with van der Waals surface area (Å²) >= 11 is 0. The fourth-order valence-electron chi connectivity index (χ4n) is 2.70. The van der Waals surface area contributed by atoms with Gasteiger partial charge in [-0.2, -0.15) is 5.26 Å². The summed E-state index contributed by atoms with van der Waals surface area (Å²) in [5, 5.41) is 11.6. The number of nitriles is 1. The molecule has 0 heterocycles. The lowest BCUT2D eigenvalue weighted by atomic mass is 9.86. The molecule has 1 amide bonds. The molecule has 0 aliphatic rings. The lowest BCUT2D eigenvalue weighted by Crippen LogP contribution is -2.27. The summed E-state index contributed by atoms with van der Waals surface area (Å²) in [5.41, 5.74) is 1.63. The number of rotatable bonds is 7. The number of nitrogens with zero attached hydrogens (tertiary/aromatic N) is 1. The number of hydrogen-bond acceptors (Lipinski definition) is 4. The van der Waals surface area contributed by atoms with E-state index in [1.807, 2.05) is 50.2 Å². The summed E-state index contributed by atoms with van der Waals surface area (Å²) < 4.78 is 5.26. The molecule has 26 heavy (non-hydrogen) atoms. The normalized spacial score (nSPS) is 12.5. The predicted molar refractivity (Wildman–Crippen MR) is 99.4 cm³/mol. The van der Waals surface area contributed by atoms with Crippen molar-refractivity contribution in [3.8, 4) is 6.07 Å². The molecular weight excluding hydrogens is 328 g/mol. The van der Waals surface area contributed by atoms with Crippen molar-refractivity contribution >= 4 is 17.6 Å². The molecule has 1 N–H and O–H groups in total. The van der Waals surface area contributed by atoms with Gasteiger partial charge in [-0.3, -0.25) is 9.59 Å². The van der Waals surface area contributed by atoms with Crippen molar-refractivity contribution in [1.82, 2.24) is 0 Å². The summed E-state index contributed by atoms with van der Waals surface area (Å²) in [5.74, 6) is -1.22. The van der Waals surface area contributed by atoms with Gasteiger partial charge in [-0.05, 0) is 23.6 Å². The van der Waals surface area contributed by atoms with E-state index in [9.17, 15) is 9.59 Å². The molecule has 0 saturated heterocycles. The summed E-state index contributed by atoms with van der Waals surface area (Å²) in [6, 6.07) is 18.1. The van der Waals surface area contributed by atoms with E-state index < -0.39 is 24.4 Å². The van der Waals surface area contributed by atoms with Crippen LogP contribution in [0.3, 0.4) is 0 Å².